The highest BCUT2D eigenvalue weighted by Gasteiger charge is 2.34. The van der Waals surface area contributed by atoms with Crippen molar-refractivity contribution in [2.24, 2.45) is 0 Å². The van der Waals surface area contributed by atoms with Gasteiger partial charge in [-0.15, -0.1) is 5.10 Å². The summed E-state index contributed by atoms with van der Waals surface area (Å²) in [5, 5.41) is 20.5. The zero-order valence-electron chi connectivity index (χ0n) is 12.4. The average molecular weight is 316 g/mol. The molecule has 7 heteroatoms. The maximum Gasteiger partial charge on any atom is 0.323 e. The van der Waals surface area contributed by atoms with Gasteiger partial charge in [0.15, 0.2) is 5.82 Å². The van der Waals surface area contributed by atoms with E-state index in [1.807, 2.05) is 0 Å². The molecule has 2 amide bonds. The molecule has 0 aliphatic heterocycles. The van der Waals surface area contributed by atoms with Crippen LogP contribution >= 0.6 is 0 Å². The number of hydrogen-bond donors (Lipinski definition) is 2. The number of anilines is 1. The number of hydrogen-bond acceptors (Lipinski definition) is 4. The largest absolute Gasteiger partial charge is 0.387 e. The molecule has 0 radical (unpaired) electrons. The van der Waals surface area contributed by atoms with E-state index in [-0.39, 0.29) is 24.4 Å². The van der Waals surface area contributed by atoms with Crippen LogP contribution in [0.3, 0.4) is 0 Å². The van der Waals surface area contributed by atoms with Crippen LogP contribution in [-0.4, -0.2) is 38.8 Å². The second-order valence-corrected chi connectivity index (χ2v) is 5.49. The first-order valence-electron chi connectivity index (χ1n) is 7.42. The first-order chi connectivity index (χ1) is 11.1. The fraction of sp³-hybridized carbons (Fsp3) is 0.312. The molecule has 1 aliphatic carbocycles. The van der Waals surface area contributed by atoms with Crippen molar-refractivity contribution in [2.75, 3.05) is 11.9 Å². The first-order valence-corrected chi connectivity index (χ1v) is 7.42. The number of aliphatic hydroxyl groups excluding tert-OH is 1. The van der Waals surface area contributed by atoms with Crippen molar-refractivity contribution < 1.29 is 14.3 Å². The zero-order chi connectivity index (χ0) is 16.2. The minimum absolute atomic E-state index is 0.113. The highest BCUT2D eigenvalue weighted by atomic mass is 19.1. The van der Waals surface area contributed by atoms with E-state index in [9.17, 15) is 14.3 Å². The molecule has 1 atom stereocenters. The first kappa shape index (κ1) is 15.4. The lowest BCUT2D eigenvalue weighted by atomic mass is 10.1. The van der Waals surface area contributed by atoms with Crippen LogP contribution in [0.5, 0.6) is 0 Å². The Morgan fingerprint density at radius 3 is 2.70 bits per heavy atom. The van der Waals surface area contributed by atoms with Crippen molar-refractivity contribution >= 4 is 11.8 Å². The smallest absolute Gasteiger partial charge is 0.323 e. The van der Waals surface area contributed by atoms with E-state index in [4.69, 9.17) is 0 Å². The number of halogens is 1. The monoisotopic (exact) mass is 316 g/mol. The number of nitrogens with zero attached hydrogens (tertiary/aromatic N) is 3. The van der Waals surface area contributed by atoms with Crippen molar-refractivity contribution in [3.05, 3.63) is 54.0 Å². The number of rotatable bonds is 5. The molecule has 1 heterocycles. The molecule has 2 N–H and O–H groups in total. The van der Waals surface area contributed by atoms with Gasteiger partial charge < -0.3 is 10.0 Å². The van der Waals surface area contributed by atoms with Crippen LogP contribution < -0.4 is 5.32 Å². The summed E-state index contributed by atoms with van der Waals surface area (Å²) in [6, 6.07) is 8.73. The predicted octanol–water partition coefficient (Wildman–Crippen LogP) is 2.35. The second kappa shape index (κ2) is 6.70. The minimum Gasteiger partial charge on any atom is -0.387 e. The Labute approximate surface area is 133 Å². The fourth-order valence-electron chi connectivity index (χ4n) is 2.31. The van der Waals surface area contributed by atoms with E-state index < -0.39 is 6.10 Å². The molecule has 6 nitrogen and oxygen atoms in total. The molecule has 23 heavy (non-hydrogen) atoms. The Morgan fingerprint density at radius 1 is 1.35 bits per heavy atom. The fourth-order valence-corrected chi connectivity index (χ4v) is 2.31. The van der Waals surface area contributed by atoms with Gasteiger partial charge in [0.05, 0.1) is 12.6 Å². The van der Waals surface area contributed by atoms with Gasteiger partial charge in [0.2, 0.25) is 0 Å². The number of nitrogens with one attached hydrogen (secondary N) is 1. The molecule has 120 valence electrons. The molecule has 1 aromatic carbocycles. The Balaban J connectivity index is 1.66. The maximum atomic E-state index is 13.0. The summed E-state index contributed by atoms with van der Waals surface area (Å²) >= 11 is 0. The topological polar surface area (TPSA) is 78.4 Å². The number of amides is 2. The van der Waals surface area contributed by atoms with Gasteiger partial charge in [-0.1, -0.05) is 12.1 Å². The number of benzene rings is 1. The highest BCUT2D eigenvalue weighted by Crippen LogP contribution is 2.29. The molecule has 1 fully saturated rings. The normalized spacial score (nSPS) is 15.0. The van der Waals surface area contributed by atoms with Gasteiger partial charge in [-0.3, -0.25) is 5.32 Å². The summed E-state index contributed by atoms with van der Waals surface area (Å²) < 4.78 is 13.0. The maximum absolute atomic E-state index is 13.0. The summed E-state index contributed by atoms with van der Waals surface area (Å²) in [4.78, 5) is 14.0. The van der Waals surface area contributed by atoms with Crippen molar-refractivity contribution in [1.82, 2.24) is 15.1 Å². The van der Waals surface area contributed by atoms with E-state index in [2.05, 4.69) is 15.5 Å². The molecule has 1 aromatic heterocycles. The molecular weight excluding hydrogens is 299 g/mol. The highest BCUT2D eigenvalue weighted by molar-refractivity contribution is 5.88. The van der Waals surface area contributed by atoms with Crippen LogP contribution in [-0.2, 0) is 0 Å². The van der Waals surface area contributed by atoms with E-state index in [0.717, 1.165) is 12.8 Å². The van der Waals surface area contributed by atoms with E-state index in [0.29, 0.717) is 11.4 Å². The van der Waals surface area contributed by atoms with Gasteiger partial charge in [0, 0.05) is 12.2 Å². The van der Waals surface area contributed by atoms with E-state index in [1.165, 1.54) is 30.5 Å². The third kappa shape index (κ3) is 4.01. The summed E-state index contributed by atoms with van der Waals surface area (Å²) in [5.41, 5.74) is 0.573. The lowest BCUT2D eigenvalue weighted by molar-refractivity contribution is 0.123. The third-order valence-electron chi connectivity index (χ3n) is 3.68. The third-order valence-corrected chi connectivity index (χ3v) is 3.68. The number of carbonyl (C=O) groups is 1. The number of urea groups is 1. The molecule has 1 unspecified atom stereocenters. The van der Waals surface area contributed by atoms with Crippen LogP contribution in [0.25, 0.3) is 0 Å². The molecule has 0 bridgehead atoms. The van der Waals surface area contributed by atoms with Crippen molar-refractivity contribution in [3.63, 3.8) is 0 Å². The second-order valence-electron chi connectivity index (χ2n) is 5.49. The number of aromatic nitrogens is 2. The number of aliphatic hydroxyl groups is 1. The molecular formula is C16H17FN4O2. The molecule has 3 rings (SSSR count). The van der Waals surface area contributed by atoms with Gasteiger partial charge in [-0.2, -0.15) is 5.10 Å². The minimum atomic E-state index is -0.871. The SMILES string of the molecule is O=C(Nc1cccnn1)N(CC(O)c1ccc(F)cc1)C1CC1. The van der Waals surface area contributed by atoms with Gasteiger partial charge >= 0.3 is 6.03 Å². The van der Waals surface area contributed by atoms with Gasteiger partial charge in [0.1, 0.15) is 5.82 Å². The predicted molar refractivity (Wildman–Crippen MR) is 82.1 cm³/mol. The van der Waals surface area contributed by atoms with Gasteiger partial charge in [-0.05, 0) is 42.7 Å². The van der Waals surface area contributed by atoms with Crippen molar-refractivity contribution in [1.29, 1.82) is 0 Å². The molecule has 2 aromatic rings. The lowest BCUT2D eigenvalue weighted by Crippen LogP contribution is -2.39. The van der Waals surface area contributed by atoms with Crippen molar-refractivity contribution in [2.45, 2.75) is 25.0 Å². The van der Waals surface area contributed by atoms with E-state index in [1.54, 1.807) is 17.0 Å². The standard InChI is InChI=1S/C16H17FN4O2/c17-12-5-3-11(4-6-12)14(22)10-21(13-7-8-13)16(23)19-15-2-1-9-18-20-15/h1-6,9,13-14,22H,7-8,10H2,(H,19,20,23). The Morgan fingerprint density at radius 2 is 2.09 bits per heavy atom. The van der Waals surface area contributed by atoms with Crippen LogP contribution in [0, 0.1) is 5.82 Å². The van der Waals surface area contributed by atoms with Crippen LogP contribution in [0.2, 0.25) is 0 Å². The molecule has 1 saturated carbocycles. The average Bonchev–Trinajstić information content (AvgIpc) is 3.38. The Hall–Kier alpha value is -2.54. The van der Waals surface area contributed by atoms with Crippen LogP contribution in [0.15, 0.2) is 42.6 Å². The lowest BCUT2D eigenvalue weighted by Gasteiger charge is -2.25. The molecule has 0 spiro atoms. The molecule has 1 aliphatic rings. The van der Waals surface area contributed by atoms with Crippen molar-refractivity contribution in [3.8, 4) is 0 Å². The summed E-state index contributed by atoms with van der Waals surface area (Å²) in [7, 11) is 0. The quantitative estimate of drug-likeness (QED) is 0.887. The van der Waals surface area contributed by atoms with Gasteiger partial charge in [-0.25, -0.2) is 9.18 Å². The summed E-state index contributed by atoms with van der Waals surface area (Å²) in [6.45, 7) is 0.141. The number of carbonyl (C=O) groups excluding carboxylic acids is 1. The Bertz CT molecular complexity index is 662. The summed E-state index contributed by atoms with van der Waals surface area (Å²) in [5.74, 6) is -0.000170. The Kier molecular flexibility index (Phi) is 4.47. The van der Waals surface area contributed by atoms with Gasteiger partial charge in [0.25, 0.3) is 0 Å². The van der Waals surface area contributed by atoms with E-state index >= 15 is 0 Å². The summed E-state index contributed by atoms with van der Waals surface area (Å²) in [6.07, 6.45) is 2.46. The molecule has 0 saturated heterocycles. The van der Waals surface area contributed by atoms with Crippen LogP contribution in [0.4, 0.5) is 15.0 Å². The van der Waals surface area contributed by atoms with Crippen LogP contribution in [0.1, 0.15) is 24.5 Å². The zero-order valence-corrected chi connectivity index (χ0v) is 12.4.